The standard InChI is InChI=1S/C11H23N3O3S/c1-3-12-10-6-5-7-14(11(10)15)8-9-18(16,17)13-4-2/h10,12-13H,3-9H2,1-2H3. The normalized spacial score (nSPS) is 21.3. The zero-order valence-corrected chi connectivity index (χ0v) is 11.9. The average Bonchev–Trinajstić information content (AvgIpc) is 2.30. The summed E-state index contributed by atoms with van der Waals surface area (Å²) in [7, 11) is -3.25. The lowest BCUT2D eigenvalue weighted by molar-refractivity contribution is -0.135. The van der Waals surface area contributed by atoms with Crippen LogP contribution in [0.15, 0.2) is 0 Å². The maximum absolute atomic E-state index is 12.0. The molecule has 0 aromatic rings. The number of nitrogens with one attached hydrogen (secondary N) is 2. The van der Waals surface area contributed by atoms with Gasteiger partial charge >= 0.3 is 0 Å². The van der Waals surface area contributed by atoms with E-state index in [2.05, 4.69) is 10.0 Å². The Kier molecular flexibility index (Phi) is 6.04. The maximum Gasteiger partial charge on any atom is 0.239 e. The van der Waals surface area contributed by atoms with Crippen LogP contribution in [0.25, 0.3) is 0 Å². The van der Waals surface area contributed by atoms with Crippen molar-refractivity contribution in [3.05, 3.63) is 0 Å². The number of nitrogens with zero attached hydrogens (tertiary/aromatic N) is 1. The predicted octanol–water partition coefficient (Wildman–Crippen LogP) is -0.474. The summed E-state index contributed by atoms with van der Waals surface area (Å²) in [5.74, 6) is 0.000566. The van der Waals surface area contributed by atoms with Gasteiger partial charge in [-0.2, -0.15) is 0 Å². The molecule has 0 saturated carbocycles. The molecule has 0 aromatic heterocycles. The molecule has 2 N–H and O–H groups in total. The molecule has 7 heteroatoms. The minimum atomic E-state index is -3.25. The van der Waals surface area contributed by atoms with Crippen LogP contribution in [0.1, 0.15) is 26.7 Å². The van der Waals surface area contributed by atoms with Gasteiger partial charge in [0.05, 0.1) is 11.8 Å². The Labute approximate surface area is 109 Å². The maximum atomic E-state index is 12.0. The van der Waals surface area contributed by atoms with Gasteiger partial charge < -0.3 is 10.2 Å². The van der Waals surface area contributed by atoms with E-state index in [0.717, 1.165) is 19.4 Å². The zero-order chi connectivity index (χ0) is 13.6. The molecule has 1 rings (SSSR count). The number of amides is 1. The molecule has 1 fully saturated rings. The van der Waals surface area contributed by atoms with E-state index >= 15 is 0 Å². The first-order chi connectivity index (χ1) is 8.50. The van der Waals surface area contributed by atoms with Crippen molar-refractivity contribution in [3.8, 4) is 0 Å². The predicted molar refractivity (Wildman–Crippen MR) is 70.7 cm³/mol. The number of rotatable bonds is 7. The van der Waals surface area contributed by atoms with Gasteiger partial charge in [-0.3, -0.25) is 4.79 Å². The summed E-state index contributed by atoms with van der Waals surface area (Å²) in [6.45, 7) is 5.77. The Morgan fingerprint density at radius 2 is 2.06 bits per heavy atom. The van der Waals surface area contributed by atoms with Crippen LogP contribution in [0.3, 0.4) is 0 Å². The highest BCUT2D eigenvalue weighted by Crippen LogP contribution is 2.11. The van der Waals surface area contributed by atoms with Crippen LogP contribution in [0.4, 0.5) is 0 Å². The summed E-state index contributed by atoms with van der Waals surface area (Å²) in [6.07, 6.45) is 1.76. The van der Waals surface area contributed by atoms with Crippen LogP contribution >= 0.6 is 0 Å². The molecule has 0 aliphatic carbocycles. The minimum Gasteiger partial charge on any atom is -0.340 e. The van der Waals surface area contributed by atoms with E-state index in [1.165, 1.54) is 0 Å². The van der Waals surface area contributed by atoms with Gasteiger partial charge in [0.2, 0.25) is 15.9 Å². The monoisotopic (exact) mass is 277 g/mol. The van der Waals surface area contributed by atoms with E-state index in [4.69, 9.17) is 0 Å². The number of hydrogen-bond acceptors (Lipinski definition) is 4. The van der Waals surface area contributed by atoms with Crippen molar-refractivity contribution in [2.24, 2.45) is 0 Å². The quantitative estimate of drug-likeness (QED) is 0.659. The molecule has 18 heavy (non-hydrogen) atoms. The summed E-state index contributed by atoms with van der Waals surface area (Å²) >= 11 is 0. The van der Waals surface area contributed by atoms with Crippen molar-refractivity contribution >= 4 is 15.9 Å². The fourth-order valence-electron chi connectivity index (χ4n) is 2.12. The third-order valence-corrected chi connectivity index (χ3v) is 4.42. The lowest BCUT2D eigenvalue weighted by Crippen LogP contribution is -2.52. The second-order valence-corrected chi connectivity index (χ2v) is 6.32. The summed E-state index contributed by atoms with van der Waals surface area (Å²) in [5.41, 5.74) is 0. The Bertz CT molecular complexity index is 368. The van der Waals surface area contributed by atoms with Crippen LogP contribution in [0, 0.1) is 0 Å². The van der Waals surface area contributed by atoms with Crippen LogP contribution in [0.5, 0.6) is 0 Å². The second-order valence-electron chi connectivity index (χ2n) is 4.39. The molecule has 106 valence electrons. The zero-order valence-electron chi connectivity index (χ0n) is 11.1. The second kappa shape index (κ2) is 7.06. The summed E-state index contributed by atoms with van der Waals surface area (Å²) in [4.78, 5) is 13.7. The van der Waals surface area contributed by atoms with E-state index < -0.39 is 10.0 Å². The molecule has 1 aliphatic rings. The molecule has 0 radical (unpaired) electrons. The Morgan fingerprint density at radius 3 is 2.67 bits per heavy atom. The van der Waals surface area contributed by atoms with Gasteiger partial charge in [0.1, 0.15) is 0 Å². The van der Waals surface area contributed by atoms with Crippen LogP contribution in [0.2, 0.25) is 0 Å². The van der Waals surface area contributed by atoms with Gasteiger partial charge in [0.15, 0.2) is 0 Å². The summed E-state index contributed by atoms with van der Waals surface area (Å²) < 4.78 is 25.5. The number of likely N-dealkylation sites (tertiary alicyclic amines) is 1. The number of carbonyl (C=O) groups excluding carboxylic acids is 1. The van der Waals surface area contributed by atoms with Crippen molar-refractivity contribution in [2.75, 3.05) is 31.9 Å². The largest absolute Gasteiger partial charge is 0.340 e. The first-order valence-electron chi connectivity index (χ1n) is 6.49. The molecule has 1 unspecified atom stereocenters. The van der Waals surface area contributed by atoms with Gasteiger partial charge in [-0.15, -0.1) is 0 Å². The molecule has 1 saturated heterocycles. The molecule has 1 amide bonds. The SMILES string of the molecule is CCNC1CCCN(CCS(=O)(=O)NCC)C1=O. The van der Waals surface area contributed by atoms with E-state index in [1.54, 1.807) is 11.8 Å². The highest BCUT2D eigenvalue weighted by atomic mass is 32.2. The van der Waals surface area contributed by atoms with E-state index in [0.29, 0.717) is 13.1 Å². The van der Waals surface area contributed by atoms with Gasteiger partial charge in [-0.05, 0) is 19.4 Å². The Hall–Kier alpha value is -0.660. The lowest BCUT2D eigenvalue weighted by Gasteiger charge is -2.32. The van der Waals surface area contributed by atoms with E-state index in [9.17, 15) is 13.2 Å². The highest BCUT2D eigenvalue weighted by molar-refractivity contribution is 7.89. The van der Waals surface area contributed by atoms with Gasteiger partial charge in [-0.1, -0.05) is 13.8 Å². The van der Waals surface area contributed by atoms with E-state index in [1.807, 2.05) is 6.92 Å². The molecule has 0 aromatic carbocycles. The smallest absolute Gasteiger partial charge is 0.239 e. The van der Waals surface area contributed by atoms with Crippen molar-refractivity contribution in [1.29, 1.82) is 0 Å². The Balaban J connectivity index is 2.49. The molecular weight excluding hydrogens is 254 g/mol. The third kappa shape index (κ3) is 4.55. The highest BCUT2D eigenvalue weighted by Gasteiger charge is 2.28. The summed E-state index contributed by atoms with van der Waals surface area (Å²) in [5, 5.41) is 3.13. The van der Waals surface area contributed by atoms with Crippen molar-refractivity contribution in [3.63, 3.8) is 0 Å². The molecule has 1 atom stereocenters. The first-order valence-corrected chi connectivity index (χ1v) is 8.15. The number of likely N-dealkylation sites (N-methyl/N-ethyl adjacent to an activating group) is 1. The molecular formula is C11H23N3O3S. The molecule has 6 nitrogen and oxygen atoms in total. The van der Waals surface area contributed by atoms with Gasteiger partial charge in [0, 0.05) is 19.6 Å². The molecule has 0 bridgehead atoms. The van der Waals surface area contributed by atoms with Crippen molar-refractivity contribution in [2.45, 2.75) is 32.7 Å². The lowest BCUT2D eigenvalue weighted by atomic mass is 10.1. The summed E-state index contributed by atoms with van der Waals surface area (Å²) in [6, 6.07) is -0.148. The first kappa shape index (κ1) is 15.4. The van der Waals surface area contributed by atoms with Gasteiger partial charge in [-0.25, -0.2) is 13.1 Å². The molecule has 1 aliphatic heterocycles. The minimum absolute atomic E-state index is 0.0224. The number of carbonyl (C=O) groups is 1. The fraction of sp³-hybridized carbons (Fsp3) is 0.909. The Morgan fingerprint density at radius 1 is 1.33 bits per heavy atom. The third-order valence-electron chi connectivity index (χ3n) is 2.98. The number of hydrogen-bond donors (Lipinski definition) is 2. The average molecular weight is 277 g/mol. The number of sulfonamides is 1. The van der Waals surface area contributed by atoms with Gasteiger partial charge in [0.25, 0.3) is 0 Å². The molecule has 1 heterocycles. The fourth-order valence-corrected chi connectivity index (χ4v) is 3.17. The number of piperidine rings is 1. The van der Waals surface area contributed by atoms with Crippen LogP contribution in [-0.2, 0) is 14.8 Å². The van der Waals surface area contributed by atoms with Crippen molar-refractivity contribution < 1.29 is 13.2 Å². The van der Waals surface area contributed by atoms with Crippen molar-refractivity contribution in [1.82, 2.24) is 14.9 Å². The van der Waals surface area contributed by atoms with E-state index in [-0.39, 0.29) is 24.2 Å². The van der Waals surface area contributed by atoms with Crippen LogP contribution in [-0.4, -0.2) is 57.2 Å². The molecule has 0 spiro atoms. The van der Waals surface area contributed by atoms with Crippen LogP contribution < -0.4 is 10.0 Å². The topological polar surface area (TPSA) is 78.5 Å².